The monoisotopic (exact) mass is 196 g/mol. The van der Waals surface area contributed by atoms with Gasteiger partial charge in [-0.3, -0.25) is 0 Å². The van der Waals surface area contributed by atoms with E-state index in [4.69, 9.17) is 4.74 Å². The van der Waals surface area contributed by atoms with Crippen molar-refractivity contribution >= 4 is 5.97 Å². The molecule has 3 heteroatoms. The molecule has 1 N–H and O–H groups in total. The van der Waals surface area contributed by atoms with Gasteiger partial charge in [0, 0.05) is 11.5 Å². The largest absolute Gasteiger partial charge is 0.456 e. The Kier molecular flexibility index (Phi) is 2.35. The number of aliphatic hydroxyl groups is 1. The Bertz CT molecular complexity index is 272. The summed E-state index contributed by atoms with van der Waals surface area (Å²) in [5.74, 6) is 0.221. The molecule has 1 saturated carbocycles. The fourth-order valence-corrected chi connectivity index (χ4v) is 2.44. The molecule has 0 unspecified atom stereocenters. The Balaban J connectivity index is 2.19. The van der Waals surface area contributed by atoms with Crippen LogP contribution in [0.25, 0.3) is 0 Å². The second kappa shape index (κ2) is 3.39. The molecule has 0 spiro atoms. The fraction of sp³-hybridized carbons (Fsp3) is 0.727. The summed E-state index contributed by atoms with van der Waals surface area (Å²) in [6.45, 7) is 5.85. The van der Waals surface area contributed by atoms with Gasteiger partial charge in [-0.2, -0.15) is 0 Å². The Hall–Kier alpha value is -0.830. The van der Waals surface area contributed by atoms with Crippen molar-refractivity contribution in [3.8, 4) is 0 Å². The molecule has 4 atom stereocenters. The molecule has 0 aromatic rings. The summed E-state index contributed by atoms with van der Waals surface area (Å²) >= 11 is 0. The summed E-state index contributed by atoms with van der Waals surface area (Å²) in [5, 5.41) is 9.85. The molecule has 2 rings (SSSR count). The van der Waals surface area contributed by atoms with E-state index in [0.29, 0.717) is 11.5 Å². The van der Waals surface area contributed by atoms with Crippen molar-refractivity contribution in [3.63, 3.8) is 0 Å². The van der Waals surface area contributed by atoms with Gasteiger partial charge in [0.1, 0.15) is 6.10 Å². The van der Waals surface area contributed by atoms with E-state index < -0.39 is 6.10 Å². The van der Waals surface area contributed by atoms with Gasteiger partial charge in [0.05, 0.1) is 6.10 Å². The van der Waals surface area contributed by atoms with Crippen molar-refractivity contribution in [2.45, 2.75) is 38.4 Å². The molecule has 0 bridgehead atoms. The molecule has 1 saturated heterocycles. The Morgan fingerprint density at radius 2 is 2.21 bits per heavy atom. The highest BCUT2D eigenvalue weighted by Gasteiger charge is 2.44. The van der Waals surface area contributed by atoms with Crippen LogP contribution in [0.3, 0.4) is 0 Å². The summed E-state index contributed by atoms with van der Waals surface area (Å²) in [4.78, 5) is 11.2. The average Bonchev–Trinajstić information content (AvgIpc) is 2.32. The predicted octanol–water partition coefficient (Wildman–Crippen LogP) is 1.27. The number of fused-ring (bicyclic) bond motifs is 1. The summed E-state index contributed by atoms with van der Waals surface area (Å²) in [5.41, 5.74) is 0.545. The zero-order chi connectivity index (χ0) is 10.3. The number of carbonyl (C=O) groups excluding carboxylic acids is 1. The lowest BCUT2D eigenvalue weighted by Crippen LogP contribution is -2.30. The van der Waals surface area contributed by atoms with E-state index in [2.05, 4.69) is 13.5 Å². The van der Waals surface area contributed by atoms with E-state index in [1.54, 1.807) is 0 Å². The number of hydrogen-bond acceptors (Lipinski definition) is 3. The van der Waals surface area contributed by atoms with Crippen molar-refractivity contribution in [1.82, 2.24) is 0 Å². The molecule has 2 fully saturated rings. The van der Waals surface area contributed by atoms with E-state index in [1.165, 1.54) is 0 Å². The van der Waals surface area contributed by atoms with Crippen LogP contribution in [0, 0.1) is 11.8 Å². The van der Waals surface area contributed by atoms with Crippen LogP contribution >= 0.6 is 0 Å². The summed E-state index contributed by atoms with van der Waals surface area (Å²) in [6, 6.07) is 0. The Labute approximate surface area is 83.8 Å². The summed E-state index contributed by atoms with van der Waals surface area (Å²) in [6.07, 6.45) is 1.82. The van der Waals surface area contributed by atoms with Gasteiger partial charge >= 0.3 is 5.97 Å². The van der Waals surface area contributed by atoms with Gasteiger partial charge < -0.3 is 9.84 Å². The number of hydrogen-bond donors (Lipinski definition) is 1. The number of carbonyl (C=O) groups is 1. The van der Waals surface area contributed by atoms with Crippen LogP contribution in [-0.4, -0.2) is 23.3 Å². The molecule has 0 radical (unpaired) electrons. The lowest BCUT2D eigenvalue weighted by atomic mass is 9.92. The molecule has 0 aromatic heterocycles. The molecule has 1 heterocycles. The third-order valence-corrected chi connectivity index (χ3v) is 3.34. The first-order valence-corrected chi connectivity index (χ1v) is 5.17. The van der Waals surface area contributed by atoms with Gasteiger partial charge in [-0.1, -0.05) is 13.5 Å². The first-order chi connectivity index (χ1) is 6.59. The predicted molar refractivity (Wildman–Crippen MR) is 51.5 cm³/mol. The lowest BCUT2D eigenvalue weighted by molar-refractivity contribution is -0.144. The minimum Gasteiger partial charge on any atom is -0.456 e. The maximum Gasteiger partial charge on any atom is 0.334 e. The lowest BCUT2D eigenvalue weighted by Gasteiger charge is -2.19. The molecule has 1 aliphatic carbocycles. The fourth-order valence-electron chi connectivity index (χ4n) is 2.44. The number of ether oxygens (including phenoxy) is 1. The maximum atomic E-state index is 11.2. The van der Waals surface area contributed by atoms with E-state index in [1.807, 2.05) is 0 Å². The average molecular weight is 196 g/mol. The maximum absolute atomic E-state index is 11.2. The zero-order valence-electron chi connectivity index (χ0n) is 8.40. The van der Waals surface area contributed by atoms with Gasteiger partial charge in [0.25, 0.3) is 0 Å². The van der Waals surface area contributed by atoms with Crippen LogP contribution in [0.1, 0.15) is 26.2 Å². The molecule has 78 valence electrons. The smallest absolute Gasteiger partial charge is 0.334 e. The van der Waals surface area contributed by atoms with Crippen LogP contribution < -0.4 is 0 Å². The Morgan fingerprint density at radius 1 is 1.50 bits per heavy atom. The Morgan fingerprint density at radius 3 is 2.93 bits per heavy atom. The molecule has 1 aliphatic heterocycles. The van der Waals surface area contributed by atoms with Crippen LogP contribution in [-0.2, 0) is 9.53 Å². The molecule has 14 heavy (non-hydrogen) atoms. The van der Waals surface area contributed by atoms with Gasteiger partial charge in [-0.25, -0.2) is 4.79 Å². The molecule has 0 amide bonds. The second-order valence-electron chi connectivity index (χ2n) is 4.49. The standard InChI is InChI=1S/C11H16O3/c1-6-3-4-8-7(2)11(13)14-10(8)9(12)5-6/h6,8-10,12H,2-5H2,1H3/t6-,8+,9+,10-/m0/s1. The minimum absolute atomic E-state index is 0.0439. The second-order valence-corrected chi connectivity index (χ2v) is 4.49. The zero-order valence-corrected chi connectivity index (χ0v) is 8.40. The third-order valence-electron chi connectivity index (χ3n) is 3.34. The minimum atomic E-state index is -0.513. The van der Waals surface area contributed by atoms with E-state index >= 15 is 0 Å². The molecular weight excluding hydrogens is 180 g/mol. The highest BCUT2D eigenvalue weighted by atomic mass is 16.6. The normalized spacial score (nSPS) is 43.0. The number of rotatable bonds is 0. The van der Waals surface area contributed by atoms with Crippen LogP contribution in [0.4, 0.5) is 0 Å². The molecule has 0 aromatic carbocycles. The number of aliphatic hydroxyl groups excluding tert-OH is 1. The summed E-state index contributed by atoms with van der Waals surface area (Å²) in [7, 11) is 0. The van der Waals surface area contributed by atoms with E-state index in [-0.39, 0.29) is 18.0 Å². The van der Waals surface area contributed by atoms with Crippen molar-refractivity contribution in [2.24, 2.45) is 11.8 Å². The van der Waals surface area contributed by atoms with Crippen LogP contribution in [0.5, 0.6) is 0 Å². The van der Waals surface area contributed by atoms with Crippen molar-refractivity contribution in [1.29, 1.82) is 0 Å². The molecular formula is C11H16O3. The van der Waals surface area contributed by atoms with Crippen molar-refractivity contribution < 1.29 is 14.6 Å². The highest BCUT2D eigenvalue weighted by molar-refractivity contribution is 5.90. The van der Waals surface area contributed by atoms with Gasteiger partial charge in [-0.15, -0.1) is 0 Å². The topological polar surface area (TPSA) is 46.5 Å². The quantitative estimate of drug-likeness (QED) is 0.468. The van der Waals surface area contributed by atoms with Crippen molar-refractivity contribution in [2.75, 3.05) is 0 Å². The van der Waals surface area contributed by atoms with Gasteiger partial charge in [-0.05, 0) is 25.2 Å². The van der Waals surface area contributed by atoms with Crippen LogP contribution in [0.15, 0.2) is 12.2 Å². The van der Waals surface area contributed by atoms with E-state index in [9.17, 15) is 9.90 Å². The first-order valence-electron chi connectivity index (χ1n) is 5.17. The van der Waals surface area contributed by atoms with E-state index in [0.717, 1.165) is 19.3 Å². The first kappa shape index (κ1) is 9.71. The van der Waals surface area contributed by atoms with Crippen LogP contribution in [0.2, 0.25) is 0 Å². The van der Waals surface area contributed by atoms with Gasteiger partial charge in [0.15, 0.2) is 0 Å². The molecule has 3 nitrogen and oxygen atoms in total. The van der Waals surface area contributed by atoms with Gasteiger partial charge in [0.2, 0.25) is 0 Å². The number of esters is 1. The molecule has 2 aliphatic rings. The third kappa shape index (κ3) is 1.46. The van der Waals surface area contributed by atoms with Crippen molar-refractivity contribution in [3.05, 3.63) is 12.2 Å². The highest BCUT2D eigenvalue weighted by Crippen LogP contribution is 2.38. The summed E-state index contributed by atoms with van der Waals surface area (Å²) < 4.78 is 5.13. The SMILES string of the molecule is C=C1C(=O)O[C@@H]2[C@H](O)C[C@@H](C)CC[C@H]12.